The van der Waals surface area contributed by atoms with Gasteiger partial charge in [-0.3, -0.25) is 0 Å². The van der Waals surface area contributed by atoms with Crippen molar-refractivity contribution in [2.24, 2.45) is 0 Å². The normalized spacial score (nSPS) is 17.1. The second kappa shape index (κ2) is 7.52. The van der Waals surface area contributed by atoms with Crippen molar-refractivity contribution < 1.29 is 16.8 Å². The van der Waals surface area contributed by atoms with Gasteiger partial charge in [0, 0.05) is 31.2 Å². The number of halogens is 1. The zero-order chi connectivity index (χ0) is 19.8. The molecule has 0 amide bonds. The van der Waals surface area contributed by atoms with E-state index in [1.54, 1.807) is 31.2 Å². The molecule has 27 heavy (non-hydrogen) atoms. The van der Waals surface area contributed by atoms with Crippen molar-refractivity contribution in [1.29, 1.82) is 0 Å². The summed E-state index contributed by atoms with van der Waals surface area (Å²) in [7, 11) is -7.37. The number of piperazine rings is 1. The molecular weight excluding hydrogens is 408 g/mol. The van der Waals surface area contributed by atoms with Gasteiger partial charge in [0.05, 0.1) is 9.79 Å². The summed E-state index contributed by atoms with van der Waals surface area (Å²) in [4.78, 5) is 0.384. The molecule has 1 saturated heterocycles. The minimum absolute atomic E-state index is 0.0962. The van der Waals surface area contributed by atoms with Crippen molar-refractivity contribution >= 4 is 31.6 Å². The first-order valence-corrected chi connectivity index (χ1v) is 11.7. The van der Waals surface area contributed by atoms with Gasteiger partial charge in [0.1, 0.15) is 0 Å². The molecule has 1 aliphatic rings. The monoisotopic (exact) mass is 428 g/mol. The van der Waals surface area contributed by atoms with E-state index in [0.717, 1.165) is 5.56 Å². The zero-order valence-electron chi connectivity index (χ0n) is 15.1. The lowest BCUT2D eigenvalue weighted by Crippen LogP contribution is -2.50. The van der Waals surface area contributed by atoms with E-state index in [-0.39, 0.29) is 36.0 Å². The van der Waals surface area contributed by atoms with E-state index in [1.165, 1.54) is 20.7 Å². The summed E-state index contributed by atoms with van der Waals surface area (Å²) in [6, 6.07) is 11.4. The molecule has 1 fully saturated rings. The lowest BCUT2D eigenvalue weighted by Gasteiger charge is -2.33. The fraction of sp³-hybridized carbons (Fsp3) is 0.333. The number of nitrogens with zero attached hydrogens (tertiary/aromatic N) is 2. The highest BCUT2D eigenvalue weighted by molar-refractivity contribution is 7.89. The van der Waals surface area contributed by atoms with Crippen molar-refractivity contribution in [1.82, 2.24) is 8.61 Å². The van der Waals surface area contributed by atoms with Gasteiger partial charge in [0.15, 0.2) is 0 Å². The van der Waals surface area contributed by atoms with E-state index >= 15 is 0 Å². The fourth-order valence-corrected chi connectivity index (χ4v) is 6.51. The van der Waals surface area contributed by atoms with E-state index in [9.17, 15) is 16.8 Å². The summed E-state index contributed by atoms with van der Waals surface area (Å²) in [6.45, 7) is 4.00. The van der Waals surface area contributed by atoms with Crippen LogP contribution in [0.4, 0.5) is 0 Å². The Morgan fingerprint density at radius 3 is 2.00 bits per heavy atom. The molecule has 2 aromatic carbocycles. The van der Waals surface area contributed by atoms with E-state index in [1.807, 2.05) is 13.0 Å². The van der Waals surface area contributed by atoms with Gasteiger partial charge in [-0.2, -0.15) is 8.61 Å². The Hall–Kier alpha value is -1.45. The molecule has 0 aromatic heterocycles. The Balaban J connectivity index is 1.80. The molecule has 1 heterocycles. The third-order valence-electron chi connectivity index (χ3n) is 4.59. The highest BCUT2D eigenvalue weighted by Gasteiger charge is 2.34. The third-order valence-corrected chi connectivity index (χ3v) is 8.76. The molecule has 0 N–H and O–H groups in total. The van der Waals surface area contributed by atoms with Crippen LogP contribution in [0.15, 0.2) is 52.3 Å². The van der Waals surface area contributed by atoms with Gasteiger partial charge in [-0.05, 0) is 49.2 Å². The molecule has 0 bridgehead atoms. The van der Waals surface area contributed by atoms with Crippen molar-refractivity contribution in [3.8, 4) is 0 Å². The molecule has 0 radical (unpaired) electrons. The van der Waals surface area contributed by atoms with E-state index in [4.69, 9.17) is 11.6 Å². The summed E-state index contributed by atoms with van der Waals surface area (Å²) in [5.74, 6) is 0. The lowest BCUT2D eigenvalue weighted by atomic mass is 10.2. The van der Waals surface area contributed by atoms with Crippen LogP contribution >= 0.6 is 11.6 Å². The van der Waals surface area contributed by atoms with Crippen LogP contribution in [0, 0.1) is 13.8 Å². The molecule has 0 aliphatic carbocycles. The van der Waals surface area contributed by atoms with Gasteiger partial charge < -0.3 is 0 Å². The molecule has 0 saturated carbocycles. The molecule has 1 aliphatic heterocycles. The van der Waals surface area contributed by atoms with Crippen LogP contribution in [0.25, 0.3) is 0 Å². The van der Waals surface area contributed by atoms with Gasteiger partial charge in [0.25, 0.3) is 0 Å². The van der Waals surface area contributed by atoms with Gasteiger partial charge in [-0.15, -0.1) is 0 Å². The Labute approximate surface area is 165 Å². The molecule has 3 rings (SSSR count). The predicted octanol–water partition coefficient (Wildman–Crippen LogP) is 2.65. The Morgan fingerprint density at radius 1 is 0.815 bits per heavy atom. The van der Waals surface area contributed by atoms with Gasteiger partial charge in [-0.1, -0.05) is 29.8 Å². The number of rotatable bonds is 4. The van der Waals surface area contributed by atoms with Gasteiger partial charge in [-0.25, -0.2) is 16.8 Å². The smallest absolute Gasteiger partial charge is 0.207 e. The Morgan fingerprint density at radius 2 is 1.41 bits per heavy atom. The first-order valence-electron chi connectivity index (χ1n) is 8.45. The van der Waals surface area contributed by atoms with E-state index < -0.39 is 20.0 Å². The summed E-state index contributed by atoms with van der Waals surface area (Å²) in [5, 5.41) is 0.340. The molecule has 6 nitrogen and oxygen atoms in total. The number of hydrogen-bond acceptors (Lipinski definition) is 4. The molecule has 0 spiro atoms. The number of hydrogen-bond donors (Lipinski definition) is 0. The number of aryl methyl sites for hydroxylation is 2. The molecule has 0 atom stereocenters. The van der Waals surface area contributed by atoms with Crippen LogP contribution in [0.3, 0.4) is 0 Å². The van der Waals surface area contributed by atoms with E-state index in [0.29, 0.717) is 10.6 Å². The highest BCUT2D eigenvalue weighted by Crippen LogP contribution is 2.25. The second-order valence-corrected chi connectivity index (χ2v) is 10.8. The summed E-state index contributed by atoms with van der Waals surface area (Å²) in [5.41, 5.74) is 1.54. The van der Waals surface area contributed by atoms with Crippen molar-refractivity contribution in [2.75, 3.05) is 26.2 Å². The maximum Gasteiger partial charge on any atom is 0.243 e. The van der Waals surface area contributed by atoms with Crippen LogP contribution in [0.5, 0.6) is 0 Å². The van der Waals surface area contributed by atoms with Crippen molar-refractivity contribution in [3.05, 3.63) is 58.6 Å². The predicted molar refractivity (Wildman–Crippen MR) is 105 cm³/mol. The molecule has 9 heteroatoms. The van der Waals surface area contributed by atoms with Crippen molar-refractivity contribution in [3.63, 3.8) is 0 Å². The standard InChI is InChI=1S/C18H21ClN2O4S2/c1-14-6-7-15(2)18(12-14)27(24,25)21-10-8-20(9-11-21)26(22,23)17-5-3-4-16(19)13-17/h3-7,12-13H,8-11H2,1-2H3. The topological polar surface area (TPSA) is 74.8 Å². The zero-order valence-corrected chi connectivity index (χ0v) is 17.5. The van der Waals surface area contributed by atoms with Crippen LogP contribution in [0.1, 0.15) is 11.1 Å². The van der Waals surface area contributed by atoms with Gasteiger partial charge in [0.2, 0.25) is 20.0 Å². The third kappa shape index (κ3) is 4.05. The highest BCUT2D eigenvalue weighted by atomic mass is 35.5. The summed E-state index contributed by atoms with van der Waals surface area (Å²) < 4.78 is 54.1. The average molecular weight is 429 g/mol. The molecule has 2 aromatic rings. The second-order valence-electron chi connectivity index (χ2n) is 6.53. The largest absolute Gasteiger partial charge is 0.243 e. The van der Waals surface area contributed by atoms with Crippen molar-refractivity contribution in [2.45, 2.75) is 23.6 Å². The number of sulfonamides is 2. The van der Waals surface area contributed by atoms with Gasteiger partial charge >= 0.3 is 0 Å². The molecule has 0 unspecified atom stereocenters. The molecule has 146 valence electrons. The summed E-state index contributed by atoms with van der Waals surface area (Å²) in [6.07, 6.45) is 0. The maximum atomic E-state index is 13.0. The first-order chi connectivity index (χ1) is 12.6. The van der Waals surface area contributed by atoms with Crippen LogP contribution in [-0.2, 0) is 20.0 Å². The number of benzene rings is 2. The van der Waals surface area contributed by atoms with Crippen LogP contribution < -0.4 is 0 Å². The quantitative estimate of drug-likeness (QED) is 0.750. The first kappa shape index (κ1) is 20.3. The Bertz CT molecular complexity index is 1060. The summed E-state index contributed by atoms with van der Waals surface area (Å²) >= 11 is 5.90. The van der Waals surface area contributed by atoms with Crippen LogP contribution in [0.2, 0.25) is 5.02 Å². The average Bonchev–Trinajstić information content (AvgIpc) is 2.63. The maximum absolute atomic E-state index is 13.0. The lowest BCUT2D eigenvalue weighted by molar-refractivity contribution is 0.272. The van der Waals surface area contributed by atoms with Crippen LogP contribution in [-0.4, -0.2) is 51.6 Å². The fourth-order valence-electron chi connectivity index (χ4n) is 3.05. The minimum atomic E-state index is -3.71. The van der Waals surface area contributed by atoms with E-state index in [2.05, 4.69) is 0 Å². The molecular formula is C18H21ClN2O4S2. The minimum Gasteiger partial charge on any atom is -0.207 e. The Kier molecular flexibility index (Phi) is 5.65. The SMILES string of the molecule is Cc1ccc(C)c(S(=O)(=O)N2CCN(S(=O)(=O)c3cccc(Cl)c3)CC2)c1.